The number of fused-ring (bicyclic) bond motifs is 1. The molecule has 1 aliphatic carbocycles. The summed E-state index contributed by atoms with van der Waals surface area (Å²) >= 11 is 1.54. The highest BCUT2D eigenvalue weighted by atomic mass is 32.2. The van der Waals surface area contributed by atoms with E-state index in [9.17, 15) is 14.4 Å². The molecule has 1 aliphatic rings. The van der Waals surface area contributed by atoms with Gasteiger partial charge in [-0.1, -0.05) is 5.16 Å². The van der Waals surface area contributed by atoms with Crippen LogP contribution in [0.4, 0.5) is 0 Å². The Bertz CT molecular complexity index is 653. The SMILES string of the molecule is CC(=O)OCCSc1ccc2c(c1)CC(=NOC(C)=O)C2=O. The molecule has 0 amide bonds. The number of Topliss-reactive ketones (excluding diaryl/α,β-unsaturated/α-hetero) is 1. The summed E-state index contributed by atoms with van der Waals surface area (Å²) < 4.78 is 4.86. The summed E-state index contributed by atoms with van der Waals surface area (Å²) in [5, 5.41) is 3.60. The Hall–Kier alpha value is -2.15. The number of carbonyl (C=O) groups excluding carboxylic acids is 3. The molecule has 7 heteroatoms. The van der Waals surface area contributed by atoms with Crippen molar-refractivity contribution in [2.45, 2.75) is 25.2 Å². The van der Waals surface area contributed by atoms with Gasteiger partial charge in [0.05, 0.1) is 0 Å². The van der Waals surface area contributed by atoms with Gasteiger partial charge in [0.1, 0.15) is 12.3 Å². The van der Waals surface area contributed by atoms with Crippen LogP contribution >= 0.6 is 11.8 Å². The monoisotopic (exact) mass is 321 g/mol. The number of rotatable bonds is 5. The second-order valence-electron chi connectivity index (χ2n) is 4.63. The average molecular weight is 321 g/mol. The Morgan fingerprint density at radius 2 is 2.05 bits per heavy atom. The lowest BCUT2D eigenvalue weighted by Crippen LogP contribution is -2.09. The maximum absolute atomic E-state index is 12.1. The topological polar surface area (TPSA) is 82.0 Å². The molecule has 1 aromatic carbocycles. The van der Waals surface area contributed by atoms with E-state index in [-0.39, 0.29) is 17.5 Å². The molecule has 0 atom stereocenters. The Morgan fingerprint density at radius 1 is 1.27 bits per heavy atom. The molecule has 0 heterocycles. The van der Waals surface area contributed by atoms with Crippen LogP contribution in [0.5, 0.6) is 0 Å². The minimum absolute atomic E-state index is 0.215. The Balaban J connectivity index is 2.00. The molecule has 0 N–H and O–H groups in total. The smallest absolute Gasteiger partial charge is 0.331 e. The minimum Gasteiger partial charge on any atom is -0.465 e. The number of carbonyl (C=O) groups is 3. The summed E-state index contributed by atoms with van der Waals surface area (Å²) in [5.41, 5.74) is 1.66. The fourth-order valence-electron chi connectivity index (χ4n) is 1.98. The number of thioether (sulfide) groups is 1. The van der Waals surface area contributed by atoms with Gasteiger partial charge < -0.3 is 9.57 Å². The van der Waals surface area contributed by atoms with Crippen molar-refractivity contribution in [3.63, 3.8) is 0 Å². The van der Waals surface area contributed by atoms with Crippen molar-refractivity contribution in [2.24, 2.45) is 5.16 Å². The van der Waals surface area contributed by atoms with Crippen LogP contribution in [0, 0.1) is 0 Å². The normalized spacial score (nSPS) is 14.8. The predicted molar refractivity (Wildman–Crippen MR) is 81.0 cm³/mol. The third-order valence-corrected chi connectivity index (χ3v) is 3.84. The summed E-state index contributed by atoms with van der Waals surface area (Å²) in [4.78, 5) is 39.0. The molecule has 0 aliphatic heterocycles. The highest BCUT2D eigenvalue weighted by molar-refractivity contribution is 7.99. The fourth-order valence-corrected chi connectivity index (χ4v) is 2.77. The van der Waals surface area contributed by atoms with E-state index in [4.69, 9.17) is 4.74 Å². The summed E-state index contributed by atoms with van der Waals surface area (Å²) in [7, 11) is 0. The van der Waals surface area contributed by atoms with Crippen molar-refractivity contribution in [3.8, 4) is 0 Å². The number of esters is 1. The van der Waals surface area contributed by atoms with Crippen molar-refractivity contribution in [1.29, 1.82) is 0 Å². The highest BCUT2D eigenvalue weighted by Crippen LogP contribution is 2.27. The van der Waals surface area contributed by atoms with Crippen molar-refractivity contribution in [2.75, 3.05) is 12.4 Å². The Kier molecular flexibility index (Phi) is 5.32. The van der Waals surface area contributed by atoms with Crippen LogP contribution in [0.3, 0.4) is 0 Å². The van der Waals surface area contributed by atoms with Gasteiger partial charge in [-0.05, 0) is 23.8 Å². The van der Waals surface area contributed by atoms with E-state index in [0.717, 1.165) is 10.5 Å². The summed E-state index contributed by atoms with van der Waals surface area (Å²) in [6, 6.07) is 5.48. The van der Waals surface area contributed by atoms with E-state index in [1.54, 1.807) is 6.07 Å². The molecule has 0 radical (unpaired) electrons. The molecular weight excluding hydrogens is 306 g/mol. The van der Waals surface area contributed by atoms with Gasteiger partial charge in [-0.15, -0.1) is 11.8 Å². The zero-order valence-electron chi connectivity index (χ0n) is 12.3. The quantitative estimate of drug-likeness (QED) is 0.271. The summed E-state index contributed by atoms with van der Waals surface area (Å²) in [6.45, 7) is 2.94. The first-order valence-electron chi connectivity index (χ1n) is 6.65. The average Bonchev–Trinajstić information content (AvgIpc) is 2.77. The molecule has 0 saturated heterocycles. The number of ether oxygens (including phenoxy) is 1. The van der Waals surface area contributed by atoms with Gasteiger partial charge in [-0.3, -0.25) is 9.59 Å². The largest absolute Gasteiger partial charge is 0.465 e. The van der Waals surface area contributed by atoms with Gasteiger partial charge in [-0.2, -0.15) is 0 Å². The number of benzene rings is 1. The van der Waals surface area contributed by atoms with Gasteiger partial charge in [0, 0.05) is 36.5 Å². The summed E-state index contributed by atoms with van der Waals surface area (Å²) in [5.74, 6) is -0.432. The van der Waals surface area contributed by atoms with Gasteiger partial charge in [0.2, 0.25) is 5.78 Å². The maximum Gasteiger partial charge on any atom is 0.331 e. The Morgan fingerprint density at radius 3 is 2.73 bits per heavy atom. The van der Waals surface area contributed by atoms with Gasteiger partial charge in [0.25, 0.3) is 0 Å². The van der Waals surface area contributed by atoms with Crippen LogP contribution in [-0.2, 0) is 25.6 Å². The molecule has 6 nitrogen and oxygen atoms in total. The van der Waals surface area contributed by atoms with Crippen LogP contribution in [0.2, 0.25) is 0 Å². The van der Waals surface area contributed by atoms with E-state index in [1.807, 2.05) is 12.1 Å². The molecule has 0 aromatic heterocycles. The first-order valence-corrected chi connectivity index (χ1v) is 7.64. The first kappa shape index (κ1) is 16.2. The van der Waals surface area contributed by atoms with Gasteiger partial charge in [0.15, 0.2) is 0 Å². The zero-order chi connectivity index (χ0) is 16.1. The third-order valence-electron chi connectivity index (χ3n) is 2.88. The predicted octanol–water partition coefficient (Wildman–Crippen LogP) is 2.00. The van der Waals surface area contributed by atoms with E-state index in [1.165, 1.54) is 25.6 Å². The van der Waals surface area contributed by atoms with Crippen LogP contribution in [0.1, 0.15) is 29.8 Å². The molecular formula is C15H15NO5S. The third kappa shape index (κ3) is 4.17. The summed E-state index contributed by atoms with van der Waals surface area (Å²) in [6.07, 6.45) is 0.347. The van der Waals surface area contributed by atoms with Crippen molar-refractivity contribution in [3.05, 3.63) is 29.3 Å². The second-order valence-corrected chi connectivity index (χ2v) is 5.80. The van der Waals surface area contributed by atoms with Crippen molar-refractivity contribution >= 4 is 35.2 Å². The number of ketones is 1. The lowest BCUT2D eigenvalue weighted by Gasteiger charge is -2.04. The zero-order valence-corrected chi connectivity index (χ0v) is 13.1. The second kappa shape index (κ2) is 7.22. The van der Waals surface area contributed by atoms with E-state index >= 15 is 0 Å². The van der Waals surface area contributed by atoms with Crippen molar-refractivity contribution < 1.29 is 24.0 Å². The molecule has 0 unspecified atom stereocenters. The number of oxime groups is 1. The highest BCUT2D eigenvalue weighted by Gasteiger charge is 2.27. The van der Waals surface area contributed by atoms with Gasteiger partial charge in [-0.25, -0.2) is 4.79 Å². The molecule has 0 saturated carbocycles. The van der Waals surface area contributed by atoms with E-state index in [2.05, 4.69) is 9.99 Å². The Labute approximate surface area is 131 Å². The molecule has 2 rings (SSSR count). The van der Waals surface area contributed by atoms with E-state index in [0.29, 0.717) is 24.3 Å². The first-order chi connectivity index (χ1) is 10.5. The number of hydrogen-bond acceptors (Lipinski definition) is 7. The lowest BCUT2D eigenvalue weighted by atomic mass is 10.1. The molecule has 116 valence electrons. The van der Waals surface area contributed by atoms with Crippen LogP contribution in [0.15, 0.2) is 28.3 Å². The van der Waals surface area contributed by atoms with Gasteiger partial charge >= 0.3 is 11.9 Å². The standard InChI is InChI=1S/C15H15NO5S/c1-9(17)20-5-6-22-12-3-4-13-11(7-12)8-14(15(13)19)16-21-10(2)18/h3-4,7H,5-6,8H2,1-2H3. The molecule has 1 aromatic rings. The van der Waals surface area contributed by atoms with Crippen LogP contribution in [-0.4, -0.2) is 35.8 Å². The van der Waals surface area contributed by atoms with Crippen LogP contribution < -0.4 is 0 Å². The van der Waals surface area contributed by atoms with Crippen molar-refractivity contribution in [1.82, 2.24) is 0 Å². The lowest BCUT2D eigenvalue weighted by molar-refractivity contribution is -0.141. The molecule has 0 spiro atoms. The molecule has 22 heavy (non-hydrogen) atoms. The van der Waals surface area contributed by atoms with E-state index < -0.39 is 5.97 Å². The molecule has 0 bridgehead atoms. The minimum atomic E-state index is -0.557. The van der Waals surface area contributed by atoms with Crippen LogP contribution in [0.25, 0.3) is 0 Å². The number of nitrogens with zero attached hydrogens (tertiary/aromatic N) is 1. The maximum atomic E-state index is 12.1. The fraction of sp³-hybridized carbons (Fsp3) is 0.333. The molecule has 0 fully saturated rings. The number of hydrogen-bond donors (Lipinski definition) is 0.